The summed E-state index contributed by atoms with van der Waals surface area (Å²) in [7, 11) is 0. The fraction of sp³-hybridized carbons (Fsp3) is 0.538. The van der Waals surface area contributed by atoms with E-state index in [2.05, 4.69) is 28.8 Å². The van der Waals surface area contributed by atoms with Crippen molar-refractivity contribution in [1.29, 1.82) is 0 Å². The number of nitrogens with zero attached hydrogens (tertiary/aromatic N) is 1. The molecule has 0 aliphatic rings. The highest BCUT2D eigenvalue weighted by Crippen LogP contribution is 2.16. The molecule has 1 heterocycles. The summed E-state index contributed by atoms with van der Waals surface area (Å²) >= 11 is 7.79. The Morgan fingerprint density at radius 1 is 1.53 bits per heavy atom. The van der Waals surface area contributed by atoms with Crippen molar-refractivity contribution in [2.75, 3.05) is 24.7 Å². The van der Waals surface area contributed by atoms with Crippen LogP contribution in [0, 0.1) is 0 Å². The van der Waals surface area contributed by atoms with Gasteiger partial charge in [-0.15, -0.1) is 0 Å². The summed E-state index contributed by atoms with van der Waals surface area (Å²) in [5.41, 5.74) is 0.275. The molecule has 106 valence electrons. The Labute approximate surface area is 123 Å². The van der Waals surface area contributed by atoms with Crippen LogP contribution in [-0.2, 0) is 0 Å². The Morgan fingerprint density at radius 2 is 2.26 bits per heavy atom. The minimum Gasteiger partial charge on any atom is -0.370 e. The van der Waals surface area contributed by atoms with Crippen LogP contribution in [0.1, 0.15) is 30.8 Å². The molecular formula is C13H20ClN3OS. The van der Waals surface area contributed by atoms with Gasteiger partial charge < -0.3 is 10.6 Å². The van der Waals surface area contributed by atoms with Crippen LogP contribution in [0.15, 0.2) is 12.1 Å². The van der Waals surface area contributed by atoms with Crippen LogP contribution in [0.2, 0.25) is 5.02 Å². The zero-order valence-electron chi connectivity index (χ0n) is 11.5. The standard InChI is InChI=1S/C13H20ClN3OS/c1-4-15-11-6-5-10(14)12(17-11)13(18)16-8-7-9(2)19-3/h5-6,9H,4,7-8H2,1-3H3,(H,15,17)(H,16,18). The first-order valence-electron chi connectivity index (χ1n) is 6.29. The van der Waals surface area contributed by atoms with E-state index in [0.29, 0.717) is 22.6 Å². The van der Waals surface area contributed by atoms with Crippen molar-refractivity contribution < 1.29 is 4.79 Å². The number of carbonyl (C=O) groups is 1. The highest BCUT2D eigenvalue weighted by Gasteiger charge is 2.13. The van der Waals surface area contributed by atoms with Crippen LogP contribution in [-0.4, -0.2) is 35.5 Å². The second kappa shape index (κ2) is 8.27. The second-order valence-corrected chi connectivity index (χ2v) is 5.83. The van der Waals surface area contributed by atoms with Gasteiger partial charge in [-0.3, -0.25) is 4.79 Å². The molecule has 1 aromatic rings. The molecule has 19 heavy (non-hydrogen) atoms. The van der Waals surface area contributed by atoms with Crippen molar-refractivity contribution in [1.82, 2.24) is 10.3 Å². The normalized spacial score (nSPS) is 12.0. The number of rotatable bonds is 7. The van der Waals surface area contributed by atoms with Gasteiger partial charge in [0.25, 0.3) is 5.91 Å². The Balaban J connectivity index is 2.62. The maximum Gasteiger partial charge on any atom is 0.271 e. The number of amides is 1. The van der Waals surface area contributed by atoms with Gasteiger partial charge in [-0.2, -0.15) is 11.8 Å². The summed E-state index contributed by atoms with van der Waals surface area (Å²) in [5.74, 6) is 0.438. The van der Waals surface area contributed by atoms with Crippen molar-refractivity contribution >= 4 is 35.1 Å². The molecule has 1 amide bonds. The lowest BCUT2D eigenvalue weighted by atomic mass is 10.3. The SMILES string of the molecule is CCNc1ccc(Cl)c(C(=O)NCCC(C)SC)n1. The molecule has 1 unspecified atom stereocenters. The van der Waals surface area contributed by atoms with Gasteiger partial charge in [0.05, 0.1) is 5.02 Å². The predicted octanol–water partition coefficient (Wildman–Crippen LogP) is 3.04. The lowest BCUT2D eigenvalue weighted by molar-refractivity contribution is 0.0948. The average molecular weight is 302 g/mol. The van der Waals surface area contributed by atoms with Gasteiger partial charge in [-0.05, 0) is 31.7 Å². The fourth-order valence-corrected chi connectivity index (χ4v) is 2.02. The monoisotopic (exact) mass is 301 g/mol. The maximum atomic E-state index is 12.0. The number of hydrogen-bond donors (Lipinski definition) is 2. The predicted molar refractivity (Wildman–Crippen MR) is 83.3 cm³/mol. The minimum atomic E-state index is -0.224. The molecule has 1 rings (SSSR count). The van der Waals surface area contributed by atoms with Crippen molar-refractivity contribution in [3.8, 4) is 0 Å². The van der Waals surface area contributed by atoms with E-state index in [-0.39, 0.29) is 11.6 Å². The molecule has 1 atom stereocenters. The van der Waals surface area contributed by atoms with Crippen LogP contribution in [0.25, 0.3) is 0 Å². The number of pyridine rings is 1. The molecule has 0 aliphatic carbocycles. The molecule has 0 radical (unpaired) electrons. The van der Waals surface area contributed by atoms with Crippen LogP contribution in [0.3, 0.4) is 0 Å². The molecular weight excluding hydrogens is 282 g/mol. The molecule has 0 fully saturated rings. The summed E-state index contributed by atoms with van der Waals surface area (Å²) in [6.45, 7) is 5.49. The van der Waals surface area contributed by atoms with E-state index < -0.39 is 0 Å². The molecule has 1 aromatic heterocycles. The van der Waals surface area contributed by atoms with Crippen molar-refractivity contribution in [2.24, 2.45) is 0 Å². The number of aromatic nitrogens is 1. The van der Waals surface area contributed by atoms with Crippen LogP contribution in [0.5, 0.6) is 0 Å². The van der Waals surface area contributed by atoms with Crippen LogP contribution in [0.4, 0.5) is 5.82 Å². The topological polar surface area (TPSA) is 54.0 Å². The third kappa shape index (κ3) is 5.28. The van der Waals surface area contributed by atoms with E-state index in [1.165, 1.54) is 0 Å². The number of thioether (sulfide) groups is 1. The number of hydrogen-bond acceptors (Lipinski definition) is 4. The smallest absolute Gasteiger partial charge is 0.271 e. The highest BCUT2D eigenvalue weighted by atomic mass is 35.5. The lowest BCUT2D eigenvalue weighted by Crippen LogP contribution is -2.27. The highest BCUT2D eigenvalue weighted by molar-refractivity contribution is 7.99. The molecule has 4 nitrogen and oxygen atoms in total. The molecule has 0 aliphatic heterocycles. The van der Waals surface area contributed by atoms with E-state index in [1.807, 2.05) is 6.92 Å². The molecule has 0 saturated heterocycles. The van der Waals surface area contributed by atoms with Crippen molar-refractivity contribution in [2.45, 2.75) is 25.5 Å². The van der Waals surface area contributed by atoms with E-state index >= 15 is 0 Å². The Bertz CT molecular complexity index is 428. The number of nitrogens with one attached hydrogen (secondary N) is 2. The summed E-state index contributed by atoms with van der Waals surface area (Å²) < 4.78 is 0. The van der Waals surface area contributed by atoms with Crippen molar-refractivity contribution in [3.63, 3.8) is 0 Å². The van der Waals surface area contributed by atoms with E-state index in [9.17, 15) is 4.79 Å². The molecule has 0 spiro atoms. The van der Waals surface area contributed by atoms with E-state index in [1.54, 1.807) is 23.9 Å². The third-order valence-electron chi connectivity index (χ3n) is 2.66. The minimum absolute atomic E-state index is 0.224. The molecule has 0 saturated carbocycles. The Morgan fingerprint density at radius 3 is 2.89 bits per heavy atom. The number of carbonyl (C=O) groups excluding carboxylic acids is 1. The maximum absolute atomic E-state index is 12.0. The third-order valence-corrected chi connectivity index (χ3v) is 4.00. The van der Waals surface area contributed by atoms with Gasteiger partial charge in [0.2, 0.25) is 0 Å². The number of halogens is 1. The van der Waals surface area contributed by atoms with Crippen molar-refractivity contribution in [3.05, 3.63) is 22.8 Å². The number of anilines is 1. The zero-order chi connectivity index (χ0) is 14.3. The molecule has 6 heteroatoms. The molecule has 0 aromatic carbocycles. The summed E-state index contributed by atoms with van der Waals surface area (Å²) in [6.07, 6.45) is 2.99. The lowest BCUT2D eigenvalue weighted by Gasteiger charge is -2.10. The Hall–Kier alpha value is -0.940. The van der Waals surface area contributed by atoms with Gasteiger partial charge >= 0.3 is 0 Å². The summed E-state index contributed by atoms with van der Waals surface area (Å²) in [4.78, 5) is 16.2. The van der Waals surface area contributed by atoms with Gasteiger partial charge in [-0.25, -0.2) is 4.98 Å². The van der Waals surface area contributed by atoms with Crippen LogP contribution < -0.4 is 10.6 Å². The fourth-order valence-electron chi connectivity index (χ4n) is 1.47. The zero-order valence-corrected chi connectivity index (χ0v) is 13.1. The van der Waals surface area contributed by atoms with E-state index in [0.717, 1.165) is 13.0 Å². The van der Waals surface area contributed by atoms with Gasteiger partial charge in [0.1, 0.15) is 11.5 Å². The van der Waals surface area contributed by atoms with E-state index in [4.69, 9.17) is 11.6 Å². The van der Waals surface area contributed by atoms with Gasteiger partial charge in [-0.1, -0.05) is 18.5 Å². The summed E-state index contributed by atoms with van der Waals surface area (Å²) in [6, 6.07) is 3.45. The van der Waals surface area contributed by atoms with Gasteiger partial charge in [0.15, 0.2) is 0 Å². The Kier molecular flexibility index (Phi) is 7.02. The molecule has 2 N–H and O–H groups in total. The first kappa shape index (κ1) is 16.1. The van der Waals surface area contributed by atoms with Gasteiger partial charge in [0, 0.05) is 18.3 Å². The molecule has 0 bridgehead atoms. The van der Waals surface area contributed by atoms with Crippen LogP contribution >= 0.6 is 23.4 Å². The second-order valence-electron chi connectivity index (χ2n) is 4.15. The first-order chi connectivity index (χ1) is 9.08. The average Bonchev–Trinajstić information content (AvgIpc) is 2.40. The largest absolute Gasteiger partial charge is 0.370 e. The quantitative estimate of drug-likeness (QED) is 0.813. The first-order valence-corrected chi connectivity index (χ1v) is 7.96. The summed E-state index contributed by atoms with van der Waals surface area (Å²) in [5, 5.41) is 6.80.